The number of nitrogens with one attached hydrogen (secondary N) is 1. The Morgan fingerprint density at radius 1 is 1.67 bits per heavy atom. The first-order chi connectivity index (χ1) is 7.01. The minimum atomic E-state index is -3.41. The number of amidine groups is 1. The lowest BCUT2D eigenvalue weighted by atomic mass is 10.4. The molecule has 0 aromatic rings. The van der Waals surface area contributed by atoms with Crippen molar-refractivity contribution in [2.24, 2.45) is 10.9 Å². The van der Waals surface area contributed by atoms with Crippen LogP contribution in [0.3, 0.4) is 0 Å². The standard InChI is InChI=1S/C7H16N4O3S/c1-9-15(13,14)11(6-2-3-6)5-4-7(8)10-12/h6,9,12H,2-5H2,1H3,(H2,8,10). The Labute approximate surface area is 89.1 Å². The van der Waals surface area contributed by atoms with E-state index in [0.29, 0.717) is 0 Å². The zero-order valence-electron chi connectivity index (χ0n) is 8.55. The van der Waals surface area contributed by atoms with Crippen molar-refractivity contribution in [1.82, 2.24) is 9.03 Å². The molecule has 8 heteroatoms. The van der Waals surface area contributed by atoms with E-state index in [1.54, 1.807) is 0 Å². The number of hydrogen-bond acceptors (Lipinski definition) is 4. The maximum Gasteiger partial charge on any atom is 0.279 e. The van der Waals surface area contributed by atoms with Crippen LogP contribution in [0, 0.1) is 0 Å². The van der Waals surface area contributed by atoms with Gasteiger partial charge in [-0.25, -0.2) is 4.72 Å². The van der Waals surface area contributed by atoms with Gasteiger partial charge in [-0.1, -0.05) is 5.16 Å². The van der Waals surface area contributed by atoms with Crippen LogP contribution in [0.2, 0.25) is 0 Å². The summed E-state index contributed by atoms with van der Waals surface area (Å²) in [6.07, 6.45) is 1.97. The Kier molecular flexibility index (Phi) is 3.89. The van der Waals surface area contributed by atoms with Crippen LogP contribution in [-0.4, -0.2) is 43.4 Å². The van der Waals surface area contributed by atoms with Gasteiger partial charge in [0.25, 0.3) is 10.2 Å². The average molecular weight is 236 g/mol. The first-order valence-corrected chi connectivity index (χ1v) is 6.12. The molecule has 1 fully saturated rings. The Morgan fingerprint density at radius 2 is 2.27 bits per heavy atom. The second kappa shape index (κ2) is 4.77. The van der Waals surface area contributed by atoms with Gasteiger partial charge < -0.3 is 10.9 Å². The molecule has 1 aliphatic rings. The fourth-order valence-electron chi connectivity index (χ4n) is 1.25. The highest BCUT2D eigenvalue weighted by atomic mass is 32.2. The largest absolute Gasteiger partial charge is 0.409 e. The van der Waals surface area contributed by atoms with E-state index in [1.807, 2.05) is 0 Å². The van der Waals surface area contributed by atoms with E-state index >= 15 is 0 Å². The van der Waals surface area contributed by atoms with Crippen molar-refractivity contribution in [2.75, 3.05) is 13.6 Å². The highest BCUT2D eigenvalue weighted by Gasteiger charge is 2.36. The molecule has 0 spiro atoms. The number of rotatable bonds is 6. The highest BCUT2D eigenvalue weighted by molar-refractivity contribution is 7.87. The predicted octanol–water partition coefficient (Wildman–Crippen LogP) is -0.948. The summed E-state index contributed by atoms with van der Waals surface area (Å²) in [6.45, 7) is 0.240. The van der Waals surface area contributed by atoms with Gasteiger partial charge in [0.05, 0.1) is 0 Å². The Hall–Kier alpha value is -0.860. The molecule has 0 atom stereocenters. The van der Waals surface area contributed by atoms with Crippen molar-refractivity contribution in [3.8, 4) is 0 Å². The summed E-state index contributed by atoms with van der Waals surface area (Å²) in [7, 11) is -2.04. The molecular weight excluding hydrogens is 220 g/mol. The Morgan fingerprint density at radius 3 is 2.67 bits per heavy atom. The lowest BCUT2D eigenvalue weighted by molar-refractivity contribution is 0.315. The third-order valence-corrected chi connectivity index (χ3v) is 3.85. The molecule has 0 aromatic heterocycles. The maximum atomic E-state index is 11.6. The van der Waals surface area contributed by atoms with Crippen LogP contribution in [0.25, 0.3) is 0 Å². The second-order valence-corrected chi connectivity index (χ2v) is 5.22. The third-order valence-electron chi connectivity index (χ3n) is 2.24. The van der Waals surface area contributed by atoms with E-state index in [9.17, 15) is 8.42 Å². The minimum absolute atomic E-state index is 0.0342. The lowest BCUT2D eigenvalue weighted by Crippen LogP contribution is -2.42. The van der Waals surface area contributed by atoms with Crippen LogP contribution in [0.4, 0.5) is 0 Å². The van der Waals surface area contributed by atoms with Gasteiger partial charge in [0.1, 0.15) is 5.84 Å². The molecule has 4 N–H and O–H groups in total. The second-order valence-electron chi connectivity index (χ2n) is 3.39. The molecule has 1 rings (SSSR count). The molecule has 0 radical (unpaired) electrons. The summed E-state index contributed by atoms with van der Waals surface area (Å²) in [5.41, 5.74) is 5.28. The Bertz CT molecular complexity index is 336. The smallest absolute Gasteiger partial charge is 0.279 e. The van der Waals surface area contributed by atoms with E-state index in [4.69, 9.17) is 10.9 Å². The van der Waals surface area contributed by atoms with E-state index in [1.165, 1.54) is 11.4 Å². The van der Waals surface area contributed by atoms with Crippen LogP contribution < -0.4 is 10.5 Å². The van der Waals surface area contributed by atoms with Gasteiger partial charge in [0.2, 0.25) is 0 Å². The number of oxime groups is 1. The number of nitrogens with two attached hydrogens (primary N) is 1. The van der Waals surface area contributed by atoms with E-state index in [-0.39, 0.29) is 24.8 Å². The molecule has 1 aliphatic carbocycles. The molecule has 7 nitrogen and oxygen atoms in total. The van der Waals surface area contributed by atoms with Crippen molar-refractivity contribution in [3.63, 3.8) is 0 Å². The van der Waals surface area contributed by atoms with Gasteiger partial charge in [-0.2, -0.15) is 12.7 Å². The van der Waals surface area contributed by atoms with Gasteiger partial charge >= 0.3 is 0 Å². The quantitative estimate of drug-likeness (QED) is 0.239. The summed E-state index contributed by atoms with van der Waals surface area (Å²) in [6, 6.07) is 0.0638. The van der Waals surface area contributed by atoms with Crippen LogP contribution >= 0.6 is 0 Å². The fourth-order valence-corrected chi connectivity index (χ4v) is 2.42. The normalized spacial score (nSPS) is 18.4. The van der Waals surface area contributed by atoms with Crippen molar-refractivity contribution >= 4 is 16.0 Å². The zero-order valence-corrected chi connectivity index (χ0v) is 9.37. The highest BCUT2D eigenvalue weighted by Crippen LogP contribution is 2.28. The van der Waals surface area contributed by atoms with Crippen LogP contribution in [0.5, 0.6) is 0 Å². The van der Waals surface area contributed by atoms with Crippen LogP contribution in [-0.2, 0) is 10.2 Å². The SMILES string of the molecule is CNS(=O)(=O)N(CCC(N)=NO)C1CC1. The average Bonchev–Trinajstić information content (AvgIpc) is 3.01. The summed E-state index contributed by atoms with van der Waals surface area (Å²) in [5.74, 6) is 0.0342. The third kappa shape index (κ3) is 3.33. The maximum absolute atomic E-state index is 11.6. The molecule has 0 bridgehead atoms. The summed E-state index contributed by atoms with van der Waals surface area (Å²) < 4.78 is 26.7. The molecule has 1 saturated carbocycles. The molecular formula is C7H16N4O3S. The molecule has 0 saturated heterocycles. The lowest BCUT2D eigenvalue weighted by Gasteiger charge is -2.20. The van der Waals surface area contributed by atoms with Gasteiger partial charge in [0, 0.05) is 26.1 Å². The van der Waals surface area contributed by atoms with Crippen molar-refractivity contribution < 1.29 is 13.6 Å². The van der Waals surface area contributed by atoms with Gasteiger partial charge in [-0.15, -0.1) is 0 Å². The zero-order chi connectivity index (χ0) is 11.5. The number of nitrogens with zero attached hydrogens (tertiary/aromatic N) is 2. The van der Waals surface area contributed by atoms with Gasteiger partial charge in [-0.05, 0) is 12.8 Å². The topological polar surface area (TPSA) is 108 Å². The molecule has 15 heavy (non-hydrogen) atoms. The molecule has 0 heterocycles. The Balaban J connectivity index is 2.60. The summed E-state index contributed by atoms with van der Waals surface area (Å²) in [4.78, 5) is 0. The van der Waals surface area contributed by atoms with Gasteiger partial charge in [-0.3, -0.25) is 0 Å². The fraction of sp³-hybridized carbons (Fsp3) is 0.857. The van der Waals surface area contributed by atoms with E-state index < -0.39 is 10.2 Å². The van der Waals surface area contributed by atoms with Crippen LogP contribution in [0.1, 0.15) is 19.3 Å². The van der Waals surface area contributed by atoms with Crippen molar-refractivity contribution in [1.29, 1.82) is 0 Å². The van der Waals surface area contributed by atoms with Gasteiger partial charge in [0.15, 0.2) is 0 Å². The molecule has 0 aromatic carbocycles. The minimum Gasteiger partial charge on any atom is -0.409 e. The van der Waals surface area contributed by atoms with E-state index in [2.05, 4.69) is 9.88 Å². The molecule has 0 unspecified atom stereocenters. The molecule has 88 valence electrons. The summed E-state index contributed by atoms with van der Waals surface area (Å²) >= 11 is 0. The first kappa shape index (κ1) is 12.2. The first-order valence-electron chi connectivity index (χ1n) is 4.68. The summed E-state index contributed by atoms with van der Waals surface area (Å²) in [5, 5.41) is 11.1. The van der Waals surface area contributed by atoms with Crippen molar-refractivity contribution in [2.45, 2.75) is 25.3 Å². The van der Waals surface area contributed by atoms with Crippen LogP contribution in [0.15, 0.2) is 5.16 Å². The molecule has 0 aliphatic heterocycles. The number of hydrogen-bond donors (Lipinski definition) is 3. The van der Waals surface area contributed by atoms with Crippen molar-refractivity contribution in [3.05, 3.63) is 0 Å². The predicted molar refractivity (Wildman–Crippen MR) is 55.7 cm³/mol. The molecule has 0 amide bonds. The van der Waals surface area contributed by atoms with E-state index in [0.717, 1.165) is 12.8 Å². The monoisotopic (exact) mass is 236 g/mol.